The number of nitrogens with zero attached hydrogens (tertiary/aromatic N) is 4. The zero-order valence-electron chi connectivity index (χ0n) is 10.9. The molecule has 0 aliphatic heterocycles. The minimum absolute atomic E-state index is 0.135. The lowest BCUT2D eigenvalue weighted by atomic mass is 10.1. The van der Waals surface area contributed by atoms with Crippen LogP contribution in [0.25, 0.3) is 10.9 Å². The van der Waals surface area contributed by atoms with Gasteiger partial charge in [-0.3, -0.25) is 9.48 Å². The third-order valence-electron chi connectivity index (χ3n) is 3.20. The second-order valence-electron chi connectivity index (χ2n) is 4.41. The van der Waals surface area contributed by atoms with Crippen LogP contribution >= 0.6 is 0 Å². The van der Waals surface area contributed by atoms with Crippen LogP contribution in [-0.4, -0.2) is 25.1 Å². The third-order valence-corrected chi connectivity index (χ3v) is 3.20. The summed E-state index contributed by atoms with van der Waals surface area (Å²) in [7, 11) is 1.84. The van der Waals surface area contributed by atoms with Crippen molar-refractivity contribution in [2.24, 2.45) is 7.05 Å². The zero-order valence-corrected chi connectivity index (χ0v) is 10.9. The summed E-state index contributed by atoms with van der Waals surface area (Å²) >= 11 is 0. The molecule has 0 spiro atoms. The Hall–Kier alpha value is -2.43. The number of aromatic nitrogens is 4. The van der Waals surface area contributed by atoms with Crippen molar-refractivity contribution in [1.29, 1.82) is 0 Å². The van der Waals surface area contributed by atoms with Crippen molar-refractivity contribution in [3.05, 3.63) is 48.2 Å². The normalized spacial score (nSPS) is 11.1. The molecule has 1 aromatic carbocycles. The molecule has 19 heavy (non-hydrogen) atoms. The Labute approximate surface area is 110 Å². The van der Waals surface area contributed by atoms with E-state index in [1.54, 1.807) is 17.2 Å². The van der Waals surface area contributed by atoms with Crippen LogP contribution in [-0.2, 0) is 13.6 Å². The topological polar surface area (TPSA) is 52.7 Å². The molecule has 0 aliphatic rings. The van der Waals surface area contributed by atoms with Crippen molar-refractivity contribution in [2.45, 2.75) is 13.5 Å². The van der Waals surface area contributed by atoms with Crippen LogP contribution in [0.3, 0.4) is 0 Å². The first-order valence-corrected chi connectivity index (χ1v) is 6.19. The SMILES string of the molecule is CCn1cnc(C(=O)c2nn(C)c3ccccc23)c1. The highest BCUT2D eigenvalue weighted by Gasteiger charge is 2.19. The first kappa shape index (κ1) is 11.6. The molecule has 0 fully saturated rings. The molecule has 3 rings (SSSR count). The fourth-order valence-electron chi connectivity index (χ4n) is 2.15. The van der Waals surface area contributed by atoms with Crippen molar-refractivity contribution >= 4 is 16.7 Å². The standard InChI is InChI=1S/C14H14N4O/c1-3-18-8-11(15-9-18)14(19)13-10-6-4-5-7-12(10)17(2)16-13/h4-9H,3H2,1-2H3. The van der Waals surface area contributed by atoms with E-state index in [-0.39, 0.29) is 5.78 Å². The Morgan fingerprint density at radius 1 is 1.32 bits per heavy atom. The summed E-state index contributed by atoms with van der Waals surface area (Å²) in [5.41, 5.74) is 1.84. The number of imidazole rings is 1. The number of carbonyl (C=O) groups is 1. The second-order valence-corrected chi connectivity index (χ2v) is 4.41. The molecule has 0 saturated heterocycles. The van der Waals surface area contributed by atoms with E-state index < -0.39 is 0 Å². The molecular formula is C14H14N4O. The van der Waals surface area contributed by atoms with Crippen LogP contribution in [0, 0.1) is 0 Å². The summed E-state index contributed by atoms with van der Waals surface area (Å²) in [5, 5.41) is 5.18. The quantitative estimate of drug-likeness (QED) is 0.672. The summed E-state index contributed by atoms with van der Waals surface area (Å²) in [4.78, 5) is 16.6. The number of hydrogen-bond acceptors (Lipinski definition) is 3. The monoisotopic (exact) mass is 254 g/mol. The highest BCUT2D eigenvalue weighted by Crippen LogP contribution is 2.19. The van der Waals surface area contributed by atoms with Crippen molar-refractivity contribution < 1.29 is 4.79 Å². The van der Waals surface area contributed by atoms with Gasteiger partial charge < -0.3 is 4.57 Å². The molecular weight excluding hydrogens is 240 g/mol. The summed E-state index contributed by atoms with van der Waals surface area (Å²) < 4.78 is 3.59. The van der Waals surface area contributed by atoms with Gasteiger partial charge in [0.05, 0.1) is 11.8 Å². The van der Waals surface area contributed by atoms with Crippen LogP contribution in [0.5, 0.6) is 0 Å². The maximum atomic E-state index is 12.5. The van der Waals surface area contributed by atoms with Crippen molar-refractivity contribution in [2.75, 3.05) is 0 Å². The van der Waals surface area contributed by atoms with Crippen LogP contribution in [0.1, 0.15) is 23.1 Å². The van der Waals surface area contributed by atoms with E-state index in [0.29, 0.717) is 11.4 Å². The second kappa shape index (κ2) is 4.35. The molecule has 0 unspecified atom stereocenters. The largest absolute Gasteiger partial charge is 0.337 e. The first-order valence-electron chi connectivity index (χ1n) is 6.19. The van der Waals surface area contributed by atoms with Gasteiger partial charge in [0.1, 0.15) is 11.4 Å². The fraction of sp³-hybridized carbons (Fsp3) is 0.214. The van der Waals surface area contributed by atoms with E-state index in [1.807, 2.05) is 42.8 Å². The fourth-order valence-corrected chi connectivity index (χ4v) is 2.15. The molecule has 0 aliphatic carbocycles. The van der Waals surface area contributed by atoms with Gasteiger partial charge in [-0.2, -0.15) is 5.10 Å². The number of carbonyl (C=O) groups excluding carboxylic acids is 1. The smallest absolute Gasteiger partial charge is 0.233 e. The van der Waals surface area contributed by atoms with Gasteiger partial charge in [-0.1, -0.05) is 18.2 Å². The number of benzene rings is 1. The predicted molar refractivity (Wildman–Crippen MR) is 72.0 cm³/mol. The molecule has 2 aromatic heterocycles. The van der Waals surface area contributed by atoms with E-state index >= 15 is 0 Å². The molecule has 0 N–H and O–H groups in total. The summed E-state index contributed by atoms with van der Waals surface area (Å²) in [5.74, 6) is -0.135. The number of rotatable bonds is 3. The van der Waals surface area contributed by atoms with Crippen molar-refractivity contribution in [3.8, 4) is 0 Å². The molecule has 0 radical (unpaired) electrons. The molecule has 0 atom stereocenters. The van der Waals surface area contributed by atoms with Gasteiger partial charge in [0.25, 0.3) is 0 Å². The van der Waals surface area contributed by atoms with E-state index in [2.05, 4.69) is 10.1 Å². The van der Waals surface area contributed by atoms with Crippen LogP contribution in [0.2, 0.25) is 0 Å². The highest BCUT2D eigenvalue weighted by molar-refractivity contribution is 6.13. The Bertz CT molecular complexity index is 754. The molecule has 2 heterocycles. The number of ketones is 1. The van der Waals surface area contributed by atoms with Crippen LogP contribution in [0.4, 0.5) is 0 Å². The Morgan fingerprint density at radius 2 is 2.11 bits per heavy atom. The summed E-state index contributed by atoms with van der Waals surface area (Å²) in [6.07, 6.45) is 3.42. The zero-order chi connectivity index (χ0) is 13.4. The maximum absolute atomic E-state index is 12.5. The molecule has 96 valence electrons. The van der Waals surface area contributed by atoms with E-state index in [9.17, 15) is 4.79 Å². The lowest BCUT2D eigenvalue weighted by Gasteiger charge is -1.94. The van der Waals surface area contributed by atoms with Gasteiger partial charge in [-0.05, 0) is 13.0 Å². The van der Waals surface area contributed by atoms with Gasteiger partial charge in [0.15, 0.2) is 0 Å². The average Bonchev–Trinajstić information content (AvgIpc) is 3.04. The van der Waals surface area contributed by atoms with Gasteiger partial charge >= 0.3 is 0 Å². The third kappa shape index (κ3) is 1.83. The highest BCUT2D eigenvalue weighted by atomic mass is 16.1. The van der Waals surface area contributed by atoms with Crippen molar-refractivity contribution in [3.63, 3.8) is 0 Å². The number of aryl methyl sites for hydroxylation is 2. The first-order chi connectivity index (χ1) is 9.20. The molecule has 3 aromatic rings. The lowest BCUT2D eigenvalue weighted by molar-refractivity contribution is 0.103. The summed E-state index contributed by atoms with van der Waals surface area (Å²) in [6.45, 7) is 2.80. The van der Waals surface area contributed by atoms with E-state index in [0.717, 1.165) is 17.4 Å². The van der Waals surface area contributed by atoms with Crippen LogP contribution in [0.15, 0.2) is 36.8 Å². The Kier molecular flexibility index (Phi) is 2.67. The molecule has 0 saturated carbocycles. The average molecular weight is 254 g/mol. The van der Waals surface area contributed by atoms with Gasteiger partial charge in [-0.25, -0.2) is 4.98 Å². The number of fused-ring (bicyclic) bond motifs is 1. The number of hydrogen-bond donors (Lipinski definition) is 0. The molecule has 5 heteroatoms. The number of para-hydroxylation sites is 1. The Balaban J connectivity index is 2.11. The lowest BCUT2D eigenvalue weighted by Crippen LogP contribution is -2.04. The van der Waals surface area contributed by atoms with Gasteiger partial charge in [0.2, 0.25) is 5.78 Å². The molecule has 0 amide bonds. The Morgan fingerprint density at radius 3 is 2.84 bits per heavy atom. The minimum atomic E-state index is -0.135. The van der Waals surface area contributed by atoms with E-state index in [4.69, 9.17) is 0 Å². The molecule has 5 nitrogen and oxygen atoms in total. The predicted octanol–water partition coefficient (Wildman–Crippen LogP) is 2.02. The maximum Gasteiger partial charge on any atom is 0.233 e. The van der Waals surface area contributed by atoms with E-state index in [1.165, 1.54) is 0 Å². The van der Waals surface area contributed by atoms with Gasteiger partial charge in [0, 0.05) is 25.2 Å². The van der Waals surface area contributed by atoms with Crippen molar-refractivity contribution in [1.82, 2.24) is 19.3 Å². The molecule has 0 bridgehead atoms. The van der Waals surface area contributed by atoms with Crippen LogP contribution < -0.4 is 0 Å². The van der Waals surface area contributed by atoms with Gasteiger partial charge in [-0.15, -0.1) is 0 Å². The minimum Gasteiger partial charge on any atom is -0.337 e. The summed E-state index contributed by atoms with van der Waals surface area (Å²) in [6, 6.07) is 7.70.